The number of carbonyl (C=O) groups is 1. The van der Waals surface area contributed by atoms with E-state index in [9.17, 15) is 23.2 Å². The van der Waals surface area contributed by atoms with Crippen LogP contribution >= 0.6 is 0 Å². The summed E-state index contributed by atoms with van der Waals surface area (Å²) in [5, 5.41) is 11.8. The number of anilines is 1. The minimum atomic E-state index is -4.53. The van der Waals surface area contributed by atoms with Crippen LogP contribution in [0.15, 0.2) is 60.2 Å². The van der Waals surface area contributed by atoms with Gasteiger partial charge < -0.3 is 9.88 Å². The third kappa shape index (κ3) is 4.86. The first-order valence-corrected chi connectivity index (χ1v) is 9.46. The second-order valence-corrected chi connectivity index (χ2v) is 7.20. The number of carbonyl (C=O) groups excluding carboxylic acids is 1. The molecule has 1 N–H and O–H groups in total. The van der Waals surface area contributed by atoms with Gasteiger partial charge in [-0.2, -0.15) is 18.4 Å². The Morgan fingerprint density at radius 2 is 1.74 bits per heavy atom. The van der Waals surface area contributed by atoms with Gasteiger partial charge >= 0.3 is 6.18 Å². The van der Waals surface area contributed by atoms with Crippen LogP contribution in [0.2, 0.25) is 0 Å². The maximum absolute atomic E-state index is 12.9. The molecule has 0 saturated heterocycles. The number of aryl methyl sites for hydroxylation is 2. The van der Waals surface area contributed by atoms with E-state index in [1.165, 1.54) is 18.2 Å². The largest absolute Gasteiger partial charge is 0.416 e. The molecule has 0 aliphatic carbocycles. The summed E-state index contributed by atoms with van der Waals surface area (Å²) in [4.78, 5) is 12.5. The van der Waals surface area contributed by atoms with Gasteiger partial charge in [0.05, 0.1) is 5.56 Å². The van der Waals surface area contributed by atoms with Crippen LogP contribution in [0.25, 0.3) is 11.8 Å². The molecule has 0 spiro atoms. The molecule has 0 radical (unpaired) electrons. The van der Waals surface area contributed by atoms with Gasteiger partial charge in [0.25, 0.3) is 5.91 Å². The zero-order valence-corrected chi connectivity index (χ0v) is 17.2. The van der Waals surface area contributed by atoms with Gasteiger partial charge in [-0.25, -0.2) is 0 Å². The number of amides is 1. The maximum Gasteiger partial charge on any atom is 0.416 e. The monoisotopic (exact) mass is 423 g/mol. The topological polar surface area (TPSA) is 57.8 Å². The Balaban J connectivity index is 1.90. The molecular formula is C24H20F3N3O. The predicted molar refractivity (Wildman–Crippen MR) is 114 cm³/mol. The van der Waals surface area contributed by atoms with Crippen molar-refractivity contribution in [1.29, 1.82) is 5.26 Å². The molecule has 3 rings (SSSR count). The van der Waals surface area contributed by atoms with Gasteiger partial charge in [-0.3, -0.25) is 4.79 Å². The Hall–Kier alpha value is -3.79. The third-order valence-electron chi connectivity index (χ3n) is 4.88. The summed E-state index contributed by atoms with van der Waals surface area (Å²) in [7, 11) is 0. The maximum atomic E-state index is 12.9. The van der Waals surface area contributed by atoms with E-state index < -0.39 is 17.6 Å². The molecular weight excluding hydrogens is 403 g/mol. The molecule has 0 aliphatic rings. The lowest BCUT2D eigenvalue weighted by Crippen LogP contribution is -2.14. The van der Waals surface area contributed by atoms with Crippen LogP contribution < -0.4 is 5.32 Å². The molecule has 2 aromatic carbocycles. The fourth-order valence-electron chi connectivity index (χ4n) is 3.30. The van der Waals surface area contributed by atoms with E-state index in [-0.39, 0.29) is 11.3 Å². The van der Waals surface area contributed by atoms with E-state index in [2.05, 4.69) is 5.32 Å². The normalized spacial score (nSPS) is 11.8. The van der Waals surface area contributed by atoms with E-state index in [0.29, 0.717) is 5.56 Å². The average molecular weight is 423 g/mol. The Bertz CT molecular complexity index is 1200. The molecule has 1 heterocycles. The number of hydrogen-bond acceptors (Lipinski definition) is 2. The van der Waals surface area contributed by atoms with E-state index in [1.54, 1.807) is 0 Å². The Labute approximate surface area is 178 Å². The quantitative estimate of drug-likeness (QED) is 0.415. The van der Waals surface area contributed by atoms with Crippen LogP contribution in [-0.4, -0.2) is 10.5 Å². The lowest BCUT2D eigenvalue weighted by molar-refractivity contribution is -0.137. The number of alkyl halides is 3. The Morgan fingerprint density at radius 1 is 1.06 bits per heavy atom. The standard InChI is InChI=1S/C24H20F3N3O/c1-15-7-9-22(10-8-15)30-16(2)11-18(17(30)3)12-19(14-28)23(31)29-21-6-4-5-20(13-21)24(25,26)27/h4-13H,1-3H3,(H,29,31)/b19-12+. The number of nitriles is 1. The van der Waals surface area contributed by atoms with Gasteiger partial charge in [0, 0.05) is 22.8 Å². The number of nitrogens with zero attached hydrogens (tertiary/aromatic N) is 2. The summed E-state index contributed by atoms with van der Waals surface area (Å²) in [6, 6.07) is 15.9. The van der Waals surface area contributed by atoms with E-state index in [0.717, 1.165) is 34.8 Å². The van der Waals surface area contributed by atoms with Crippen molar-refractivity contribution in [2.45, 2.75) is 26.9 Å². The number of aromatic nitrogens is 1. The van der Waals surface area contributed by atoms with Crippen molar-refractivity contribution < 1.29 is 18.0 Å². The van der Waals surface area contributed by atoms with Gasteiger partial charge in [-0.1, -0.05) is 23.8 Å². The molecule has 4 nitrogen and oxygen atoms in total. The molecule has 0 bridgehead atoms. The molecule has 0 atom stereocenters. The van der Waals surface area contributed by atoms with Gasteiger partial charge in [-0.05, 0) is 68.8 Å². The molecule has 0 aliphatic heterocycles. The van der Waals surface area contributed by atoms with Gasteiger partial charge in [-0.15, -0.1) is 0 Å². The number of rotatable bonds is 4. The minimum Gasteiger partial charge on any atom is -0.321 e. The van der Waals surface area contributed by atoms with Gasteiger partial charge in [0.2, 0.25) is 0 Å². The number of halogens is 3. The lowest BCUT2D eigenvalue weighted by Gasteiger charge is -2.10. The van der Waals surface area contributed by atoms with Crippen LogP contribution in [-0.2, 0) is 11.0 Å². The van der Waals surface area contributed by atoms with Crippen molar-refractivity contribution in [3.63, 3.8) is 0 Å². The van der Waals surface area contributed by atoms with E-state index in [4.69, 9.17) is 0 Å². The second-order valence-electron chi connectivity index (χ2n) is 7.20. The number of nitrogens with one attached hydrogen (secondary N) is 1. The first-order valence-electron chi connectivity index (χ1n) is 9.46. The summed E-state index contributed by atoms with van der Waals surface area (Å²) < 4.78 is 40.7. The highest BCUT2D eigenvalue weighted by Crippen LogP contribution is 2.31. The highest BCUT2D eigenvalue weighted by atomic mass is 19.4. The number of benzene rings is 2. The molecule has 3 aromatic rings. The van der Waals surface area contributed by atoms with Gasteiger partial charge in [0.15, 0.2) is 0 Å². The van der Waals surface area contributed by atoms with Gasteiger partial charge in [0.1, 0.15) is 11.6 Å². The zero-order valence-electron chi connectivity index (χ0n) is 17.2. The molecule has 1 aromatic heterocycles. The van der Waals surface area contributed by atoms with Crippen LogP contribution in [0.5, 0.6) is 0 Å². The molecule has 7 heteroatoms. The summed E-state index contributed by atoms with van der Waals surface area (Å²) in [6.07, 6.45) is -3.09. The average Bonchev–Trinajstić information content (AvgIpc) is 2.99. The van der Waals surface area contributed by atoms with Crippen molar-refractivity contribution in [1.82, 2.24) is 4.57 Å². The van der Waals surface area contributed by atoms with Crippen LogP contribution in [0.4, 0.5) is 18.9 Å². The zero-order chi connectivity index (χ0) is 22.8. The van der Waals surface area contributed by atoms with Crippen molar-refractivity contribution >= 4 is 17.7 Å². The fraction of sp³-hybridized carbons (Fsp3) is 0.167. The highest BCUT2D eigenvalue weighted by molar-refractivity contribution is 6.09. The van der Waals surface area contributed by atoms with Crippen molar-refractivity contribution in [2.75, 3.05) is 5.32 Å². The van der Waals surface area contributed by atoms with Crippen molar-refractivity contribution in [3.05, 3.63) is 88.2 Å². The first kappa shape index (κ1) is 21.9. The van der Waals surface area contributed by atoms with Crippen LogP contribution in [0.1, 0.15) is 28.1 Å². The van der Waals surface area contributed by atoms with Crippen LogP contribution in [0.3, 0.4) is 0 Å². The lowest BCUT2D eigenvalue weighted by atomic mass is 10.1. The Kier molecular flexibility index (Phi) is 6.02. The van der Waals surface area contributed by atoms with E-state index in [1.807, 2.05) is 61.7 Å². The SMILES string of the molecule is Cc1ccc(-n2c(C)cc(/C=C(\C#N)C(=O)Nc3cccc(C(F)(F)F)c3)c2C)cc1. The summed E-state index contributed by atoms with van der Waals surface area (Å²) in [6.45, 7) is 5.78. The molecule has 1 amide bonds. The molecule has 0 saturated carbocycles. The smallest absolute Gasteiger partial charge is 0.321 e. The van der Waals surface area contributed by atoms with Crippen LogP contribution in [0, 0.1) is 32.1 Å². The second kappa shape index (κ2) is 8.52. The molecule has 158 valence electrons. The molecule has 31 heavy (non-hydrogen) atoms. The molecule has 0 fully saturated rings. The fourth-order valence-corrected chi connectivity index (χ4v) is 3.30. The minimum absolute atomic E-state index is 0.0360. The first-order chi connectivity index (χ1) is 14.6. The number of hydrogen-bond donors (Lipinski definition) is 1. The van der Waals surface area contributed by atoms with E-state index >= 15 is 0 Å². The summed E-state index contributed by atoms with van der Waals surface area (Å²) >= 11 is 0. The Morgan fingerprint density at radius 3 is 2.35 bits per heavy atom. The van der Waals surface area contributed by atoms with Crippen molar-refractivity contribution in [2.24, 2.45) is 0 Å². The summed E-state index contributed by atoms with van der Waals surface area (Å²) in [5.41, 5.74) is 3.39. The molecule has 0 unspecified atom stereocenters. The third-order valence-corrected chi connectivity index (χ3v) is 4.88. The summed E-state index contributed by atoms with van der Waals surface area (Å²) in [5.74, 6) is -0.776. The predicted octanol–water partition coefficient (Wildman–Crippen LogP) is 5.97. The van der Waals surface area contributed by atoms with Crippen molar-refractivity contribution in [3.8, 4) is 11.8 Å². The highest BCUT2D eigenvalue weighted by Gasteiger charge is 2.30.